The molecule has 22 heavy (non-hydrogen) atoms. The zero-order valence-corrected chi connectivity index (χ0v) is 13.5. The Balaban J connectivity index is 1.78. The molecule has 2 aliphatic rings. The molecule has 1 saturated heterocycles. The Morgan fingerprint density at radius 2 is 2.18 bits per heavy atom. The van der Waals surface area contributed by atoms with Gasteiger partial charge in [-0.05, 0) is 33.3 Å². The second-order valence-electron chi connectivity index (χ2n) is 7.38. The Kier molecular flexibility index (Phi) is 3.27. The molecule has 2 aliphatic heterocycles. The van der Waals surface area contributed by atoms with E-state index in [4.69, 9.17) is 9.47 Å². The number of rotatable bonds is 0. The molecular weight excluding hydrogens is 282 g/mol. The normalized spacial score (nSPS) is 26.9. The molecule has 1 amide bonds. The van der Waals surface area contributed by atoms with Gasteiger partial charge in [0.15, 0.2) is 0 Å². The Morgan fingerprint density at radius 3 is 2.86 bits per heavy atom. The van der Waals surface area contributed by atoms with Crippen LogP contribution in [0.2, 0.25) is 0 Å². The molecule has 2 unspecified atom stereocenters. The Hall–Kier alpha value is -1.91. The first-order valence-corrected chi connectivity index (χ1v) is 7.67. The third-order valence-corrected chi connectivity index (χ3v) is 4.50. The number of phenolic OH excluding ortho intramolecular Hbond substituents is 1. The van der Waals surface area contributed by atoms with Crippen molar-refractivity contribution in [3.63, 3.8) is 0 Å². The zero-order chi connectivity index (χ0) is 16.1. The van der Waals surface area contributed by atoms with Crippen LogP contribution in [0.25, 0.3) is 0 Å². The summed E-state index contributed by atoms with van der Waals surface area (Å²) in [4.78, 5) is 14.0. The van der Waals surface area contributed by atoms with E-state index in [1.165, 1.54) is 0 Å². The lowest BCUT2D eigenvalue weighted by molar-refractivity contribution is -0.00225. The van der Waals surface area contributed by atoms with Crippen molar-refractivity contribution in [2.75, 3.05) is 13.1 Å². The maximum Gasteiger partial charge on any atom is 0.410 e. The molecule has 0 aliphatic carbocycles. The standard InChI is InChI=1S/C17H23NO4/c1-16(2,3)22-15(20)18-8-7-17(4)12-6-5-11(19)9-13(12)21-14(17)10-18/h5-6,9,14,19H,7-8,10H2,1-4H3. The van der Waals surface area contributed by atoms with E-state index in [9.17, 15) is 9.90 Å². The maximum absolute atomic E-state index is 12.2. The van der Waals surface area contributed by atoms with Crippen LogP contribution in [0.5, 0.6) is 11.5 Å². The first-order chi connectivity index (χ1) is 10.2. The lowest BCUT2D eigenvalue weighted by atomic mass is 9.74. The number of nitrogens with zero attached hydrogens (tertiary/aromatic N) is 1. The molecule has 5 nitrogen and oxygen atoms in total. The van der Waals surface area contributed by atoms with Crippen LogP contribution in [0, 0.1) is 0 Å². The van der Waals surface area contributed by atoms with Gasteiger partial charge in [0.05, 0.1) is 6.54 Å². The summed E-state index contributed by atoms with van der Waals surface area (Å²) in [7, 11) is 0. The minimum atomic E-state index is -0.497. The molecule has 0 aromatic heterocycles. The predicted molar refractivity (Wildman–Crippen MR) is 82.3 cm³/mol. The van der Waals surface area contributed by atoms with Crippen molar-refractivity contribution in [3.05, 3.63) is 23.8 Å². The molecule has 120 valence electrons. The van der Waals surface area contributed by atoms with Crippen LogP contribution in [0.15, 0.2) is 18.2 Å². The fraction of sp³-hybridized carbons (Fsp3) is 0.588. The molecule has 5 heteroatoms. The van der Waals surface area contributed by atoms with Gasteiger partial charge in [-0.3, -0.25) is 0 Å². The van der Waals surface area contributed by atoms with E-state index in [0.29, 0.717) is 13.1 Å². The molecular formula is C17H23NO4. The molecule has 1 aromatic carbocycles. The van der Waals surface area contributed by atoms with Crippen LogP contribution in [-0.4, -0.2) is 40.9 Å². The van der Waals surface area contributed by atoms with Crippen molar-refractivity contribution in [1.82, 2.24) is 4.90 Å². The summed E-state index contributed by atoms with van der Waals surface area (Å²) in [6.07, 6.45) is 0.414. The third kappa shape index (κ3) is 2.49. The van der Waals surface area contributed by atoms with Gasteiger partial charge in [-0.15, -0.1) is 0 Å². The lowest BCUT2D eigenvalue weighted by Crippen LogP contribution is -2.54. The smallest absolute Gasteiger partial charge is 0.410 e. The Morgan fingerprint density at radius 1 is 1.45 bits per heavy atom. The van der Waals surface area contributed by atoms with Crippen LogP contribution < -0.4 is 4.74 Å². The van der Waals surface area contributed by atoms with Crippen LogP contribution in [-0.2, 0) is 10.2 Å². The maximum atomic E-state index is 12.2. The second-order valence-corrected chi connectivity index (χ2v) is 7.38. The number of fused-ring (bicyclic) bond motifs is 3. The van der Waals surface area contributed by atoms with Gasteiger partial charge in [-0.2, -0.15) is 0 Å². The topological polar surface area (TPSA) is 59.0 Å². The Bertz CT molecular complexity index is 607. The molecule has 0 radical (unpaired) electrons. The molecule has 0 spiro atoms. The first kappa shape index (κ1) is 15.0. The number of hydrogen-bond donors (Lipinski definition) is 1. The third-order valence-electron chi connectivity index (χ3n) is 4.50. The summed E-state index contributed by atoms with van der Waals surface area (Å²) in [6, 6.07) is 5.26. The summed E-state index contributed by atoms with van der Waals surface area (Å²) >= 11 is 0. The minimum Gasteiger partial charge on any atom is -0.508 e. The van der Waals surface area contributed by atoms with Crippen molar-refractivity contribution < 1.29 is 19.4 Å². The summed E-state index contributed by atoms with van der Waals surface area (Å²) < 4.78 is 11.4. The summed E-state index contributed by atoms with van der Waals surface area (Å²) in [5.41, 5.74) is 0.490. The number of benzene rings is 1. The number of carbonyl (C=O) groups excluding carboxylic acids is 1. The number of ether oxygens (including phenoxy) is 2. The van der Waals surface area contributed by atoms with Gasteiger partial charge in [0.2, 0.25) is 0 Å². The van der Waals surface area contributed by atoms with Crippen LogP contribution in [0.4, 0.5) is 4.79 Å². The number of carbonyl (C=O) groups is 1. The van der Waals surface area contributed by atoms with E-state index in [1.54, 1.807) is 17.0 Å². The second kappa shape index (κ2) is 4.80. The van der Waals surface area contributed by atoms with E-state index >= 15 is 0 Å². The number of amides is 1. The quantitative estimate of drug-likeness (QED) is 0.800. The number of aromatic hydroxyl groups is 1. The molecule has 1 aromatic rings. The number of hydrogen-bond acceptors (Lipinski definition) is 4. The minimum absolute atomic E-state index is 0.106. The molecule has 2 atom stereocenters. The summed E-state index contributed by atoms with van der Waals surface area (Å²) in [5, 5.41) is 9.62. The van der Waals surface area contributed by atoms with Crippen LogP contribution in [0.3, 0.4) is 0 Å². The highest BCUT2D eigenvalue weighted by Crippen LogP contribution is 2.48. The summed E-state index contributed by atoms with van der Waals surface area (Å²) in [6.45, 7) is 8.90. The average Bonchev–Trinajstić information content (AvgIpc) is 2.67. The lowest BCUT2D eigenvalue weighted by Gasteiger charge is -2.41. The van der Waals surface area contributed by atoms with Gasteiger partial charge in [0.1, 0.15) is 23.2 Å². The van der Waals surface area contributed by atoms with Crippen LogP contribution in [0.1, 0.15) is 39.7 Å². The summed E-state index contributed by atoms with van der Waals surface area (Å²) in [5.74, 6) is 0.920. The highest BCUT2D eigenvalue weighted by Gasteiger charge is 2.49. The predicted octanol–water partition coefficient (Wildman–Crippen LogP) is 3.05. The van der Waals surface area contributed by atoms with Gasteiger partial charge in [0.25, 0.3) is 0 Å². The largest absolute Gasteiger partial charge is 0.508 e. The molecule has 0 bridgehead atoms. The number of likely N-dealkylation sites (tertiary alicyclic amines) is 1. The molecule has 1 fully saturated rings. The highest BCUT2D eigenvalue weighted by atomic mass is 16.6. The van der Waals surface area contributed by atoms with Gasteiger partial charge >= 0.3 is 6.09 Å². The van der Waals surface area contributed by atoms with Crippen molar-refractivity contribution >= 4 is 6.09 Å². The fourth-order valence-electron chi connectivity index (χ4n) is 3.22. The first-order valence-electron chi connectivity index (χ1n) is 7.67. The van der Waals surface area contributed by atoms with Gasteiger partial charge < -0.3 is 19.5 Å². The zero-order valence-electron chi connectivity index (χ0n) is 13.5. The van der Waals surface area contributed by atoms with Crippen molar-refractivity contribution in [1.29, 1.82) is 0 Å². The SMILES string of the molecule is CC(C)(C)OC(=O)N1CCC2(C)c3ccc(O)cc3OC2C1. The molecule has 1 N–H and O–H groups in total. The number of piperidine rings is 1. The van der Waals surface area contributed by atoms with E-state index < -0.39 is 5.60 Å². The monoisotopic (exact) mass is 305 g/mol. The van der Waals surface area contributed by atoms with E-state index in [1.807, 2.05) is 26.8 Å². The number of phenols is 1. The van der Waals surface area contributed by atoms with E-state index in [0.717, 1.165) is 17.7 Å². The van der Waals surface area contributed by atoms with Gasteiger partial charge in [-0.25, -0.2) is 4.79 Å². The molecule has 2 heterocycles. The van der Waals surface area contributed by atoms with Crippen molar-refractivity contribution in [3.8, 4) is 11.5 Å². The van der Waals surface area contributed by atoms with E-state index in [2.05, 4.69) is 6.92 Å². The van der Waals surface area contributed by atoms with E-state index in [-0.39, 0.29) is 23.4 Å². The molecule has 3 rings (SSSR count). The molecule has 0 saturated carbocycles. The van der Waals surface area contributed by atoms with Crippen LogP contribution >= 0.6 is 0 Å². The average molecular weight is 305 g/mol. The van der Waals surface area contributed by atoms with Gasteiger partial charge in [0, 0.05) is 23.6 Å². The van der Waals surface area contributed by atoms with Crippen molar-refractivity contribution in [2.24, 2.45) is 0 Å². The van der Waals surface area contributed by atoms with Gasteiger partial charge in [-0.1, -0.05) is 13.0 Å². The van der Waals surface area contributed by atoms with Crippen molar-refractivity contribution in [2.45, 2.75) is 51.2 Å². The fourth-order valence-corrected chi connectivity index (χ4v) is 3.22. The Labute approximate surface area is 130 Å². The highest BCUT2D eigenvalue weighted by molar-refractivity contribution is 5.68.